The van der Waals surface area contributed by atoms with Gasteiger partial charge in [0.15, 0.2) is 20.4 Å². The van der Waals surface area contributed by atoms with Gasteiger partial charge in [0.25, 0.3) is 0 Å². The summed E-state index contributed by atoms with van der Waals surface area (Å²) in [5.41, 5.74) is 2.34. The first kappa shape index (κ1) is 36.5. The molecular weight excluding hydrogens is 589 g/mol. The highest BCUT2D eigenvalue weighted by molar-refractivity contribution is 6.95. The van der Waals surface area contributed by atoms with Crippen LogP contribution in [0.1, 0.15) is 99.8 Å². The van der Waals surface area contributed by atoms with Crippen molar-refractivity contribution in [3.63, 3.8) is 0 Å². The Morgan fingerprint density at radius 3 is 2.38 bits per heavy atom. The molecule has 2 unspecified atom stereocenters. The number of carbonyl (C=O) groups excluding carboxylic acids is 1. The fraction of sp³-hybridized carbons (Fsp3) is 0.718. The zero-order chi connectivity index (χ0) is 33.2. The molecule has 1 saturated carbocycles. The number of rotatable bonds is 11. The average molecular weight is 653 g/mol. The van der Waals surface area contributed by atoms with E-state index in [2.05, 4.69) is 111 Å². The van der Waals surface area contributed by atoms with Crippen molar-refractivity contribution < 1.29 is 18.7 Å². The molecule has 5 atom stereocenters. The molecule has 45 heavy (non-hydrogen) atoms. The number of carbonyl (C=O) groups is 1. The molecule has 4 rings (SSSR count). The number of benzene rings is 1. The van der Waals surface area contributed by atoms with Crippen molar-refractivity contribution in [2.45, 2.75) is 143 Å². The first-order chi connectivity index (χ1) is 21.0. The van der Waals surface area contributed by atoms with E-state index < -0.39 is 16.4 Å². The van der Waals surface area contributed by atoms with Crippen molar-refractivity contribution in [3.8, 4) is 0 Å². The Morgan fingerprint density at radius 1 is 1.09 bits per heavy atom. The molecule has 1 aromatic carbocycles. The predicted molar refractivity (Wildman–Crippen MR) is 194 cm³/mol. The highest BCUT2D eigenvalue weighted by Crippen LogP contribution is 2.58. The molecular formula is C39H64O4Si2. The van der Waals surface area contributed by atoms with Gasteiger partial charge in [-0.3, -0.25) is 4.79 Å². The maximum Gasteiger partial charge on any atom is 0.192 e. The van der Waals surface area contributed by atoms with Crippen LogP contribution in [-0.4, -0.2) is 47.8 Å². The van der Waals surface area contributed by atoms with Crippen molar-refractivity contribution in [1.29, 1.82) is 0 Å². The van der Waals surface area contributed by atoms with Gasteiger partial charge in [-0.15, -0.1) is 0 Å². The van der Waals surface area contributed by atoms with E-state index in [4.69, 9.17) is 13.9 Å². The number of hydrogen-bond acceptors (Lipinski definition) is 4. The van der Waals surface area contributed by atoms with Gasteiger partial charge in [0, 0.05) is 12.5 Å². The van der Waals surface area contributed by atoms with E-state index in [9.17, 15) is 4.79 Å². The second kappa shape index (κ2) is 14.4. The molecule has 0 aromatic heterocycles. The lowest BCUT2D eigenvalue weighted by atomic mass is 9.69. The quantitative estimate of drug-likeness (QED) is 0.223. The number of Topliss-reactive ketones (excluding diaryl/α,β-unsaturated/α-hetero) is 1. The third-order valence-electron chi connectivity index (χ3n) is 12.2. The highest BCUT2D eigenvalue weighted by atomic mass is 28.4. The van der Waals surface area contributed by atoms with Crippen LogP contribution >= 0.6 is 0 Å². The van der Waals surface area contributed by atoms with Crippen LogP contribution in [0.25, 0.3) is 0 Å². The molecule has 1 heterocycles. The van der Waals surface area contributed by atoms with Gasteiger partial charge in [-0.05, 0) is 105 Å². The summed E-state index contributed by atoms with van der Waals surface area (Å²) in [6.07, 6.45) is 10.5. The Kier molecular flexibility index (Phi) is 11.7. The van der Waals surface area contributed by atoms with Crippen molar-refractivity contribution in [1.82, 2.24) is 0 Å². The van der Waals surface area contributed by atoms with Crippen LogP contribution < -0.4 is 5.19 Å². The van der Waals surface area contributed by atoms with Crippen LogP contribution in [0, 0.1) is 23.2 Å². The van der Waals surface area contributed by atoms with Crippen LogP contribution in [0.4, 0.5) is 0 Å². The molecule has 0 amide bonds. The Hall–Kier alpha value is -1.32. The molecule has 2 aliphatic carbocycles. The minimum atomic E-state index is -2.01. The molecule has 4 nitrogen and oxygen atoms in total. The third-order valence-corrected chi connectivity index (χ3v) is 20.5. The van der Waals surface area contributed by atoms with Crippen molar-refractivity contribution in [3.05, 3.63) is 52.8 Å². The fourth-order valence-electron chi connectivity index (χ4n) is 8.22. The Bertz CT molecular complexity index is 1220. The maximum absolute atomic E-state index is 14.4. The SMILES string of the molecule is CC1=C2[C@@H](O[Si](C)(C)C(C)(C)C)C[C@H](C(C)C)[C@@]2(C)CCC(C/C=C(\CCOC2CCCCO2)[Si](C)(C)c2ccccc2)C1=O. The monoisotopic (exact) mass is 652 g/mol. The first-order valence-electron chi connectivity index (χ1n) is 17.9. The van der Waals surface area contributed by atoms with Gasteiger partial charge in [0.1, 0.15) is 8.07 Å². The summed E-state index contributed by atoms with van der Waals surface area (Å²) in [5.74, 6) is 1.44. The lowest BCUT2D eigenvalue weighted by Crippen LogP contribution is -2.44. The molecule has 0 radical (unpaired) electrons. The minimum Gasteiger partial charge on any atom is -0.410 e. The normalized spacial score (nSPS) is 28.9. The van der Waals surface area contributed by atoms with E-state index in [0.717, 1.165) is 57.1 Å². The van der Waals surface area contributed by atoms with Gasteiger partial charge in [-0.25, -0.2) is 0 Å². The van der Waals surface area contributed by atoms with Crippen LogP contribution in [0.15, 0.2) is 52.8 Å². The van der Waals surface area contributed by atoms with Crippen LogP contribution in [0.5, 0.6) is 0 Å². The van der Waals surface area contributed by atoms with Gasteiger partial charge in [-0.1, -0.05) is 101 Å². The van der Waals surface area contributed by atoms with Gasteiger partial charge < -0.3 is 13.9 Å². The highest BCUT2D eigenvalue weighted by Gasteiger charge is 2.54. The summed E-state index contributed by atoms with van der Waals surface area (Å²) in [6.45, 7) is 27.4. The molecule has 1 saturated heterocycles. The molecule has 0 N–H and O–H groups in total. The topological polar surface area (TPSA) is 44.8 Å². The summed E-state index contributed by atoms with van der Waals surface area (Å²) in [7, 11) is -3.96. The molecule has 0 bridgehead atoms. The lowest BCUT2D eigenvalue weighted by molar-refractivity contribution is -0.161. The Balaban J connectivity index is 1.62. The second-order valence-electron chi connectivity index (χ2n) is 16.9. The smallest absolute Gasteiger partial charge is 0.192 e. The first-order valence-corrected chi connectivity index (χ1v) is 23.8. The molecule has 6 heteroatoms. The molecule has 2 fully saturated rings. The van der Waals surface area contributed by atoms with Gasteiger partial charge in [-0.2, -0.15) is 0 Å². The second-order valence-corrected chi connectivity index (χ2v) is 26.1. The fourth-order valence-corrected chi connectivity index (χ4v) is 12.3. The van der Waals surface area contributed by atoms with Crippen molar-refractivity contribution >= 4 is 27.4 Å². The lowest BCUT2D eigenvalue weighted by Gasteiger charge is -2.40. The summed E-state index contributed by atoms with van der Waals surface area (Å²) in [4.78, 5) is 14.4. The number of ketones is 1. The number of hydrogen-bond donors (Lipinski definition) is 0. The zero-order valence-electron chi connectivity index (χ0n) is 30.6. The molecule has 1 aliphatic heterocycles. The van der Waals surface area contributed by atoms with Crippen molar-refractivity contribution in [2.24, 2.45) is 23.2 Å². The standard InChI is InChI=1S/C39H64O4Si2/c1-28(2)33-27-34(43-45(10,11)38(4,5)6)36-29(3)37(40)30(22-24-39(33,36)7)20-21-32(23-26-42-35-19-15-16-25-41-35)44(8,9)31-17-13-12-14-18-31/h12-14,17-18,21,28,30,33-35H,15-16,19-20,22-27H2,1-11H3/b32-21+/t30?,33-,34+,35?,39-/m1/s1. The zero-order valence-corrected chi connectivity index (χ0v) is 32.6. The minimum absolute atomic E-state index is 0.00807. The average Bonchev–Trinajstić information content (AvgIpc) is 3.22. The third kappa shape index (κ3) is 8.05. The number of allylic oxidation sites excluding steroid dienone is 2. The Morgan fingerprint density at radius 2 is 1.78 bits per heavy atom. The van der Waals surface area contributed by atoms with Crippen molar-refractivity contribution in [2.75, 3.05) is 13.2 Å². The van der Waals surface area contributed by atoms with Crippen LogP contribution in [-0.2, 0) is 18.7 Å². The summed E-state index contributed by atoms with van der Waals surface area (Å²) < 4.78 is 19.3. The van der Waals surface area contributed by atoms with Gasteiger partial charge >= 0.3 is 0 Å². The maximum atomic E-state index is 14.4. The van der Waals surface area contributed by atoms with E-state index in [-0.39, 0.29) is 28.8 Å². The largest absolute Gasteiger partial charge is 0.410 e. The van der Waals surface area contributed by atoms with E-state index in [1.165, 1.54) is 22.4 Å². The van der Waals surface area contributed by atoms with Crippen LogP contribution in [0.3, 0.4) is 0 Å². The molecule has 0 spiro atoms. The van der Waals surface area contributed by atoms with E-state index in [0.29, 0.717) is 24.2 Å². The summed E-state index contributed by atoms with van der Waals surface area (Å²) in [5, 5.41) is 3.05. The summed E-state index contributed by atoms with van der Waals surface area (Å²) in [6, 6.07) is 11.0. The van der Waals surface area contributed by atoms with Crippen LogP contribution in [0.2, 0.25) is 31.2 Å². The van der Waals surface area contributed by atoms with Gasteiger partial charge in [0.05, 0.1) is 12.7 Å². The summed E-state index contributed by atoms with van der Waals surface area (Å²) >= 11 is 0. The molecule has 252 valence electrons. The Labute approximate surface area is 277 Å². The van der Waals surface area contributed by atoms with E-state index in [1.807, 2.05) is 0 Å². The number of fused-ring (bicyclic) bond motifs is 1. The molecule has 1 aromatic rings. The van der Waals surface area contributed by atoms with E-state index in [1.54, 1.807) is 0 Å². The van der Waals surface area contributed by atoms with E-state index >= 15 is 0 Å². The predicted octanol–water partition coefficient (Wildman–Crippen LogP) is 9.76. The number of ether oxygens (including phenoxy) is 2. The van der Waals surface area contributed by atoms with Gasteiger partial charge in [0.2, 0.25) is 0 Å². The molecule has 3 aliphatic rings.